The van der Waals surface area contributed by atoms with E-state index in [0.29, 0.717) is 29.3 Å². The Labute approximate surface area is 185 Å². The van der Waals surface area contributed by atoms with Crippen molar-refractivity contribution in [2.45, 2.75) is 50.9 Å². The molecule has 1 fully saturated rings. The molecule has 0 radical (unpaired) electrons. The molecule has 4 rings (SSSR count). The van der Waals surface area contributed by atoms with E-state index in [1.54, 1.807) is 0 Å². The summed E-state index contributed by atoms with van der Waals surface area (Å²) in [4.78, 5) is 38.3. The molecule has 0 aliphatic heterocycles. The molecule has 7 heteroatoms. The van der Waals surface area contributed by atoms with E-state index < -0.39 is 23.8 Å². The number of esters is 1. The lowest BCUT2D eigenvalue weighted by Crippen LogP contribution is -2.36. The topological polar surface area (TPSA) is 92.7 Å². The molecule has 31 heavy (non-hydrogen) atoms. The van der Waals surface area contributed by atoms with E-state index in [9.17, 15) is 19.5 Å². The number of carbonyl (C=O) groups is 3. The van der Waals surface area contributed by atoms with Crippen LogP contribution in [-0.4, -0.2) is 30.1 Å². The van der Waals surface area contributed by atoms with Crippen LogP contribution in [0.1, 0.15) is 64.4 Å². The first-order valence-electron chi connectivity index (χ1n) is 10.8. The van der Waals surface area contributed by atoms with E-state index in [2.05, 4.69) is 17.4 Å². The Morgan fingerprint density at radius 3 is 2.45 bits per heavy atom. The first-order chi connectivity index (χ1) is 15.0. The zero-order valence-electron chi connectivity index (χ0n) is 17.6. The molecular weight excluding hydrogens is 414 g/mol. The number of carboxylic acids is 1. The van der Waals surface area contributed by atoms with E-state index >= 15 is 0 Å². The fourth-order valence-electron chi connectivity index (χ4n) is 4.95. The average Bonchev–Trinajstić information content (AvgIpc) is 3.16. The second kappa shape index (κ2) is 9.22. The number of methoxy groups -OCH3 is 1. The van der Waals surface area contributed by atoms with Crippen LogP contribution in [0.4, 0.5) is 5.00 Å². The summed E-state index contributed by atoms with van der Waals surface area (Å²) in [5, 5.41) is 12.9. The summed E-state index contributed by atoms with van der Waals surface area (Å²) in [5.74, 6) is -2.57. The van der Waals surface area contributed by atoms with Gasteiger partial charge in [-0.3, -0.25) is 9.59 Å². The van der Waals surface area contributed by atoms with Crippen LogP contribution in [-0.2, 0) is 27.2 Å². The van der Waals surface area contributed by atoms with Crippen LogP contribution in [0.5, 0.6) is 0 Å². The van der Waals surface area contributed by atoms with Gasteiger partial charge in [0.1, 0.15) is 5.00 Å². The Hall–Kier alpha value is -2.67. The summed E-state index contributed by atoms with van der Waals surface area (Å²) in [6, 6.07) is 10.3. The Bertz CT molecular complexity index is 983. The Kier molecular flexibility index (Phi) is 6.41. The maximum Gasteiger partial charge on any atom is 0.341 e. The van der Waals surface area contributed by atoms with Crippen LogP contribution in [0.15, 0.2) is 30.3 Å². The molecule has 1 amide bonds. The molecule has 2 aromatic rings. The number of hydrogen-bond donors (Lipinski definition) is 2. The van der Waals surface area contributed by atoms with Gasteiger partial charge in [0, 0.05) is 4.88 Å². The van der Waals surface area contributed by atoms with E-state index in [4.69, 9.17) is 4.74 Å². The molecule has 0 saturated heterocycles. The van der Waals surface area contributed by atoms with Gasteiger partial charge in [-0.2, -0.15) is 0 Å². The molecular formula is C24H27NO5S. The number of carboxylic acid groups (broad SMARTS) is 1. The number of anilines is 1. The van der Waals surface area contributed by atoms with Gasteiger partial charge in [0.2, 0.25) is 5.91 Å². The van der Waals surface area contributed by atoms with E-state index in [0.717, 1.165) is 42.5 Å². The molecule has 3 atom stereocenters. The van der Waals surface area contributed by atoms with Gasteiger partial charge in [-0.1, -0.05) is 43.2 Å². The molecule has 2 aliphatic carbocycles. The van der Waals surface area contributed by atoms with Crippen LogP contribution >= 0.6 is 11.3 Å². The SMILES string of the molecule is COC(=O)c1c(NC(=O)[C@H]2CCCC[C@@H]2C(=O)O)sc2c1CC[C@@H](c1ccccc1)C2. The van der Waals surface area contributed by atoms with Crippen molar-refractivity contribution in [3.8, 4) is 0 Å². The molecule has 1 saturated carbocycles. The second-order valence-electron chi connectivity index (χ2n) is 8.37. The maximum atomic E-state index is 13.0. The van der Waals surface area contributed by atoms with Crippen molar-refractivity contribution < 1.29 is 24.2 Å². The third-order valence-corrected chi connectivity index (χ3v) is 7.75. The summed E-state index contributed by atoms with van der Waals surface area (Å²) >= 11 is 1.43. The number of hydrogen-bond acceptors (Lipinski definition) is 5. The van der Waals surface area contributed by atoms with Crippen molar-refractivity contribution in [2.24, 2.45) is 11.8 Å². The van der Waals surface area contributed by atoms with Crippen molar-refractivity contribution in [1.82, 2.24) is 0 Å². The van der Waals surface area contributed by atoms with Gasteiger partial charge in [0.15, 0.2) is 0 Å². The number of nitrogens with one attached hydrogen (secondary N) is 1. The number of amides is 1. The number of ether oxygens (including phenoxy) is 1. The van der Waals surface area contributed by atoms with Crippen LogP contribution in [0.2, 0.25) is 0 Å². The maximum absolute atomic E-state index is 13.0. The monoisotopic (exact) mass is 441 g/mol. The summed E-state index contributed by atoms with van der Waals surface area (Å²) in [6.45, 7) is 0. The summed E-state index contributed by atoms with van der Waals surface area (Å²) < 4.78 is 5.02. The third-order valence-electron chi connectivity index (χ3n) is 6.58. The van der Waals surface area contributed by atoms with Crippen molar-refractivity contribution in [2.75, 3.05) is 12.4 Å². The highest BCUT2D eigenvalue weighted by molar-refractivity contribution is 7.17. The predicted molar refractivity (Wildman–Crippen MR) is 119 cm³/mol. The van der Waals surface area contributed by atoms with E-state index in [1.165, 1.54) is 24.0 Å². The number of carbonyl (C=O) groups excluding carboxylic acids is 2. The fraction of sp³-hybridized carbons (Fsp3) is 0.458. The predicted octanol–water partition coefficient (Wildman–Crippen LogP) is 4.64. The van der Waals surface area contributed by atoms with Gasteiger partial charge in [-0.25, -0.2) is 4.79 Å². The van der Waals surface area contributed by atoms with Crippen molar-refractivity contribution in [3.05, 3.63) is 51.9 Å². The Balaban J connectivity index is 1.61. The summed E-state index contributed by atoms with van der Waals surface area (Å²) in [6.07, 6.45) is 5.20. The van der Waals surface area contributed by atoms with Crippen LogP contribution in [0.3, 0.4) is 0 Å². The van der Waals surface area contributed by atoms with Gasteiger partial charge in [0.25, 0.3) is 0 Å². The molecule has 1 aromatic heterocycles. The van der Waals surface area contributed by atoms with Gasteiger partial charge in [0.05, 0.1) is 24.5 Å². The van der Waals surface area contributed by atoms with Crippen molar-refractivity contribution in [1.29, 1.82) is 0 Å². The largest absolute Gasteiger partial charge is 0.481 e. The molecule has 2 aliphatic rings. The number of thiophene rings is 1. The minimum Gasteiger partial charge on any atom is -0.481 e. The number of benzene rings is 1. The highest BCUT2D eigenvalue weighted by Gasteiger charge is 2.37. The molecule has 1 heterocycles. The molecule has 2 N–H and O–H groups in total. The summed E-state index contributed by atoms with van der Waals surface area (Å²) in [7, 11) is 1.34. The fourth-order valence-corrected chi connectivity index (χ4v) is 6.27. The standard InChI is InChI=1S/C24H27NO5S/c1-30-24(29)20-18-12-11-15(14-7-3-2-4-8-14)13-19(18)31-22(20)25-21(26)16-9-5-6-10-17(16)23(27)28/h2-4,7-8,15-17H,5-6,9-13H2,1H3,(H,25,26)(H,27,28)/t15-,16+,17+/m1/s1. The lowest BCUT2D eigenvalue weighted by molar-refractivity contribution is -0.147. The molecule has 164 valence electrons. The molecule has 0 unspecified atom stereocenters. The van der Waals surface area contributed by atoms with E-state index in [-0.39, 0.29) is 5.91 Å². The zero-order chi connectivity index (χ0) is 22.0. The minimum absolute atomic E-state index is 0.310. The van der Waals surface area contributed by atoms with Gasteiger partial charge in [-0.05, 0) is 49.1 Å². The lowest BCUT2D eigenvalue weighted by atomic mass is 9.78. The third kappa shape index (κ3) is 4.37. The van der Waals surface area contributed by atoms with Crippen LogP contribution in [0.25, 0.3) is 0 Å². The molecule has 0 spiro atoms. The van der Waals surface area contributed by atoms with Crippen molar-refractivity contribution in [3.63, 3.8) is 0 Å². The van der Waals surface area contributed by atoms with E-state index in [1.807, 2.05) is 18.2 Å². The second-order valence-corrected chi connectivity index (χ2v) is 9.48. The highest BCUT2D eigenvalue weighted by Crippen LogP contribution is 2.43. The van der Waals surface area contributed by atoms with Gasteiger partial charge in [-0.15, -0.1) is 11.3 Å². The molecule has 6 nitrogen and oxygen atoms in total. The van der Waals surface area contributed by atoms with Gasteiger partial charge < -0.3 is 15.2 Å². The minimum atomic E-state index is -0.927. The zero-order valence-corrected chi connectivity index (χ0v) is 18.4. The normalized spacial score (nSPS) is 22.9. The van der Waals surface area contributed by atoms with Crippen molar-refractivity contribution >= 4 is 34.2 Å². The number of rotatable bonds is 5. The first kappa shape index (κ1) is 21.6. The van der Waals surface area contributed by atoms with Gasteiger partial charge >= 0.3 is 11.9 Å². The first-order valence-corrected chi connectivity index (χ1v) is 11.6. The van der Waals surface area contributed by atoms with Crippen LogP contribution in [0, 0.1) is 11.8 Å². The Morgan fingerprint density at radius 2 is 1.77 bits per heavy atom. The Morgan fingerprint density at radius 1 is 1.06 bits per heavy atom. The molecule has 0 bridgehead atoms. The lowest BCUT2D eigenvalue weighted by Gasteiger charge is -2.27. The highest BCUT2D eigenvalue weighted by atomic mass is 32.1. The quantitative estimate of drug-likeness (QED) is 0.660. The number of fused-ring (bicyclic) bond motifs is 1. The summed E-state index contributed by atoms with van der Waals surface area (Å²) in [5.41, 5.74) is 2.67. The average molecular weight is 442 g/mol. The number of aliphatic carboxylic acids is 1. The molecule has 1 aromatic carbocycles. The van der Waals surface area contributed by atoms with Crippen LogP contribution < -0.4 is 5.32 Å². The smallest absolute Gasteiger partial charge is 0.341 e.